The van der Waals surface area contributed by atoms with E-state index in [2.05, 4.69) is 13.8 Å². The standard InChI is InChI=1S/C14H26O2/c1-4-6-8-13(9-7-5-2)11-10-12(3)14(15)16/h10,13H,4-9,11H2,1-3H3,(H,15,16). The van der Waals surface area contributed by atoms with E-state index in [1.807, 2.05) is 6.08 Å². The van der Waals surface area contributed by atoms with Crippen molar-refractivity contribution >= 4 is 5.97 Å². The highest BCUT2D eigenvalue weighted by Gasteiger charge is 2.07. The molecule has 0 bridgehead atoms. The Morgan fingerprint density at radius 3 is 2.06 bits per heavy atom. The van der Waals surface area contributed by atoms with Gasteiger partial charge in [0.1, 0.15) is 0 Å². The van der Waals surface area contributed by atoms with E-state index in [-0.39, 0.29) is 0 Å². The van der Waals surface area contributed by atoms with Crippen molar-refractivity contribution in [2.24, 2.45) is 5.92 Å². The zero-order valence-corrected chi connectivity index (χ0v) is 11.0. The Kier molecular flexibility index (Phi) is 8.97. The average molecular weight is 226 g/mol. The average Bonchev–Trinajstić information content (AvgIpc) is 2.27. The molecule has 0 aliphatic heterocycles. The van der Waals surface area contributed by atoms with E-state index in [1.165, 1.54) is 38.5 Å². The Labute approximate surface area is 99.7 Å². The molecule has 0 aliphatic carbocycles. The van der Waals surface area contributed by atoms with E-state index in [9.17, 15) is 4.79 Å². The highest BCUT2D eigenvalue weighted by Crippen LogP contribution is 2.20. The smallest absolute Gasteiger partial charge is 0.330 e. The van der Waals surface area contributed by atoms with E-state index in [1.54, 1.807) is 6.92 Å². The van der Waals surface area contributed by atoms with E-state index in [0.717, 1.165) is 6.42 Å². The molecule has 0 atom stereocenters. The second kappa shape index (κ2) is 9.44. The van der Waals surface area contributed by atoms with Gasteiger partial charge in [0.2, 0.25) is 0 Å². The molecule has 0 heterocycles. The van der Waals surface area contributed by atoms with Crippen molar-refractivity contribution in [2.45, 2.75) is 65.7 Å². The molecule has 0 rings (SSSR count). The number of unbranched alkanes of at least 4 members (excludes halogenated alkanes) is 2. The molecule has 2 heteroatoms. The topological polar surface area (TPSA) is 37.3 Å². The number of carboxylic acid groups (broad SMARTS) is 1. The van der Waals surface area contributed by atoms with Crippen LogP contribution in [0.2, 0.25) is 0 Å². The minimum atomic E-state index is -0.787. The van der Waals surface area contributed by atoms with Crippen LogP contribution in [0.5, 0.6) is 0 Å². The van der Waals surface area contributed by atoms with Crippen LogP contribution in [0.15, 0.2) is 11.6 Å². The maximum Gasteiger partial charge on any atom is 0.330 e. The van der Waals surface area contributed by atoms with Gasteiger partial charge in [0, 0.05) is 5.57 Å². The van der Waals surface area contributed by atoms with Gasteiger partial charge in [-0.1, -0.05) is 58.4 Å². The Bertz CT molecular complexity index is 211. The predicted octanol–water partition coefficient (Wildman–Crippen LogP) is 4.40. The van der Waals surface area contributed by atoms with Crippen LogP contribution < -0.4 is 0 Å². The fourth-order valence-corrected chi connectivity index (χ4v) is 1.80. The zero-order chi connectivity index (χ0) is 12.4. The minimum Gasteiger partial charge on any atom is -0.478 e. The van der Waals surface area contributed by atoms with Crippen molar-refractivity contribution in [3.8, 4) is 0 Å². The summed E-state index contributed by atoms with van der Waals surface area (Å²) in [5.41, 5.74) is 0.484. The summed E-state index contributed by atoms with van der Waals surface area (Å²) in [5.74, 6) is -0.112. The molecule has 0 saturated carbocycles. The minimum absolute atomic E-state index is 0.484. The number of carboxylic acids is 1. The monoisotopic (exact) mass is 226 g/mol. The lowest BCUT2D eigenvalue weighted by atomic mass is 9.92. The first-order valence-electron chi connectivity index (χ1n) is 6.51. The molecule has 0 aliphatic rings. The number of aliphatic carboxylic acids is 1. The molecular weight excluding hydrogens is 200 g/mol. The number of hydrogen-bond acceptors (Lipinski definition) is 1. The quantitative estimate of drug-likeness (QED) is 0.591. The second-order valence-electron chi connectivity index (χ2n) is 4.58. The summed E-state index contributed by atoms with van der Waals surface area (Å²) >= 11 is 0. The lowest BCUT2D eigenvalue weighted by Gasteiger charge is -2.14. The van der Waals surface area contributed by atoms with Crippen molar-refractivity contribution in [2.75, 3.05) is 0 Å². The van der Waals surface area contributed by atoms with Crippen molar-refractivity contribution in [3.05, 3.63) is 11.6 Å². The molecule has 0 spiro atoms. The molecular formula is C14H26O2. The first-order valence-corrected chi connectivity index (χ1v) is 6.51. The third-order valence-corrected chi connectivity index (χ3v) is 3.03. The molecule has 16 heavy (non-hydrogen) atoms. The van der Waals surface area contributed by atoms with Crippen LogP contribution in [0.3, 0.4) is 0 Å². The van der Waals surface area contributed by atoms with Crippen LogP contribution in [-0.2, 0) is 4.79 Å². The number of rotatable bonds is 9. The Hall–Kier alpha value is -0.790. The predicted molar refractivity (Wildman–Crippen MR) is 68.5 cm³/mol. The van der Waals surface area contributed by atoms with Crippen LogP contribution in [0, 0.1) is 5.92 Å². The summed E-state index contributed by atoms with van der Waals surface area (Å²) in [6.07, 6.45) is 10.3. The summed E-state index contributed by atoms with van der Waals surface area (Å²) in [7, 11) is 0. The lowest BCUT2D eigenvalue weighted by molar-refractivity contribution is -0.132. The molecule has 0 aromatic carbocycles. The van der Waals surface area contributed by atoms with E-state index >= 15 is 0 Å². The first kappa shape index (κ1) is 15.2. The first-order chi connectivity index (χ1) is 7.61. The molecule has 94 valence electrons. The third kappa shape index (κ3) is 7.49. The molecule has 0 amide bonds. The molecule has 0 unspecified atom stereocenters. The fraction of sp³-hybridized carbons (Fsp3) is 0.786. The lowest BCUT2D eigenvalue weighted by Crippen LogP contribution is -2.02. The van der Waals surface area contributed by atoms with Gasteiger partial charge >= 0.3 is 5.97 Å². The van der Waals surface area contributed by atoms with Crippen LogP contribution in [0.1, 0.15) is 65.7 Å². The van der Waals surface area contributed by atoms with Crippen LogP contribution in [0.4, 0.5) is 0 Å². The van der Waals surface area contributed by atoms with E-state index < -0.39 is 5.97 Å². The largest absolute Gasteiger partial charge is 0.478 e. The van der Waals surface area contributed by atoms with Gasteiger partial charge in [-0.05, 0) is 19.3 Å². The zero-order valence-electron chi connectivity index (χ0n) is 11.0. The van der Waals surface area contributed by atoms with E-state index in [0.29, 0.717) is 11.5 Å². The van der Waals surface area contributed by atoms with Crippen LogP contribution >= 0.6 is 0 Å². The summed E-state index contributed by atoms with van der Waals surface area (Å²) in [6.45, 7) is 6.09. The fourth-order valence-electron chi connectivity index (χ4n) is 1.80. The molecule has 2 nitrogen and oxygen atoms in total. The third-order valence-electron chi connectivity index (χ3n) is 3.03. The Balaban J connectivity index is 4.08. The summed E-state index contributed by atoms with van der Waals surface area (Å²) in [5, 5.41) is 8.78. The van der Waals surface area contributed by atoms with Crippen molar-refractivity contribution < 1.29 is 9.90 Å². The highest BCUT2D eigenvalue weighted by atomic mass is 16.4. The van der Waals surface area contributed by atoms with Gasteiger partial charge in [0.05, 0.1) is 0 Å². The Morgan fingerprint density at radius 2 is 1.69 bits per heavy atom. The molecule has 0 saturated heterocycles. The van der Waals surface area contributed by atoms with E-state index in [4.69, 9.17) is 5.11 Å². The van der Waals surface area contributed by atoms with Crippen molar-refractivity contribution in [3.63, 3.8) is 0 Å². The van der Waals surface area contributed by atoms with Gasteiger partial charge in [0.15, 0.2) is 0 Å². The molecule has 0 fully saturated rings. The number of allylic oxidation sites excluding steroid dienone is 1. The van der Waals surface area contributed by atoms with Crippen molar-refractivity contribution in [1.82, 2.24) is 0 Å². The maximum atomic E-state index is 10.7. The highest BCUT2D eigenvalue weighted by molar-refractivity contribution is 5.85. The Morgan fingerprint density at radius 1 is 1.19 bits per heavy atom. The van der Waals surface area contributed by atoms with Gasteiger partial charge < -0.3 is 5.11 Å². The number of hydrogen-bond donors (Lipinski definition) is 1. The number of carbonyl (C=O) groups is 1. The maximum absolute atomic E-state index is 10.7. The van der Waals surface area contributed by atoms with Gasteiger partial charge in [-0.15, -0.1) is 0 Å². The normalized spacial score (nSPS) is 12.1. The molecule has 1 N–H and O–H groups in total. The van der Waals surface area contributed by atoms with Gasteiger partial charge in [-0.2, -0.15) is 0 Å². The van der Waals surface area contributed by atoms with Crippen LogP contribution in [0.25, 0.3) is 0 Å². The van der Waals surface area contributed by atoms with Crippen molar-refractivity contribution in [1.29, 1.82) is 0 Å². The molecule has 0 aromatic rings. The van der Waals surface area contributed by atoms with Gasteiger partial charge in [0.25, 0.3) is 0 Å². The summed E-state index contributed by atoms with van der Waals surface area (Å²) in [6, 6.07) is 0. The second-order valence-corrected chi connectivity index (χ2v) is 4.58. The van der Waals surface area contributed by atoms with Gasteiger partial charge in [-0.25, -0.2) is 4.79 Å². The molecule has 0 radical (unpaired) electrons. The SMILES string of the molecule is CCCCC(CC=C(C)C(=O)O)CCCC. The summed E-state index contributed by atoms with van der Waals surface area (Å²) in [4.78, 5) is 10.7. The summed E-state index contributed by atoms with van der Waals surface area (Å²) < 4.78 is 0. The molecule has 0 aromatic heterocycles. The van der Waals surface area contributed by atoms with Crippen LogP contribution in [-0.4, -0.2) is 11.1 Å². The van der Waals surface area contributed by atoms with Gasteiger partial charge in [-0.3, -0.25) is 0 Å².